The van der Waals surface area contributed by atoms with E-state index in [1.54, 1.807) is 6.08 Å². The van der Waals surface area contributed by atoms with Crippen LogP contribution in [0.2, 0.25) is 0 Å². The van der Waals surface area contributed by atoms with Crippen molar-refractivity contribution in [1.82, 2.24) is 5.32 Å². The molecule has 0 spiro atoms. The molecule has 0 aliphatic carbocycles. The third-order valence-corrected chi connectivity index (χ3v) is 13.7. The zero-order valence-electron chi connectivity index (χ0n) is 48.6. The number of amides is 1. The molecule has 0 aromatic rings. The lowest BCUT2D eigenvalue weighted by Gasteiger charge is -2.48. The van der Waals surface area contributed by atoms with E-state index >= 15 is 0 Å². The summed E-state index contributed by atoms with van der Waals surface area (Å²) in [5.74, 6) is -0.360. The second-order valence-corrected chi connectivity index (χ2v) is 20.4. The molecule has 19 nitrogen and oxygen atoms in total. The number of rotatable bonds is 40. The lowest BCUT2D eigenvalue weighted by Crippen LogP contribution is -2.66. The van der Waals surface area contributed by atoms with E-state index in [0.717, 1.165) is 77.0 Å². The summed E-state index contributed by atoms with van der Waals surface area (Å²) in [7, 11) is 0. The Balaban J connectivity index is 1.45. The van der Waals surface area contributed by atoms with E-state index in [9.17, 15) is 61.0 Å². The molecule has 0 aromatic heterocycles. The Labute approximate surface area is 492 Å². The highest BCUT2D eigenvalue weighted by Gasteiger charge is 2.53. The molecule has 3 heterocycles. The topological polar surface area (TPSA) is 307 Å². The number of ether oxygens (including phenoxy) is 6. The first-order valence-corrected chi connectivity index (χ1v) is 29.6. The van der Waals surface area contributed by atoms with Gasteiger partial charge in [-0.1, -0.05) is 153 Å². The Kier molecular flexibility index (Phi) is 39.6. The minimum absolute atomic E-state index is 0.140. The number of nitrogens with one attached hydrogen (secondary N) is 1. The molecule has 12 N–H and O–H groups in total. The van der Waals surface area contributed by atoms with Crippen molar-refractivity contribution in [1.29, 1.82) is 0 Å². The van der Waals surface area contributed by atoms with Crippen molar-refractivity contribution in [3.8, 4) is 0 Å². The molecular weight excluding hydrogens is 1070 g/mol. The highest BCUT2D eigenvalue weighted by Crippen LogP contribution is 2.33. The summed E-state index contributed by atoms with van der Waals surface area (Å²) < 4.78 is 34.1. The van der Waals surface area contributed by atoms with Crippen molar-refractivity contribution in [2.45, 2.75) is 221 Å². The van der Waals surface area contributed by atoms with Crippen LogP contribution in [0.1, 0.15) is 117 Å². The van der Waals surface area contributed by atoms with Crippen LogP contribution in [0.4, 0.5) is 0 Å². The van der Waals surface area contributed by atoms with Crippen LogP contribution in [0, 0.1) is 0 Å². The molecule has 3 rings (SSSR count). The Morgan fingerprint density at radius 1 is 0.458 bits per heavy atom. The smallest absolute Gasteiger partial charge is 0.220 e. The first-order valence-electron chi connectivity index (χ1n) is 29.6. The standard InChI is InChI=1S/C64H99NO18/c1-3-5-7-9-11-13-14-15-16-17-18-19-20-21-22-23-24-25-26-27-28-29-30-31-32-34-36-38-40-42-52(70)65-47(48(69)41-39-37-35-33-12-10-8-6-4-2)46-78-62-58(76)55(73)60(50(44-67)80-62)83-64-59(77)56(74)61(51(45-68)81-64)82-63-57(75)54(72)53(71)49(43-66)79-63/h4-7,11-13,15-16,18-19,21-22,24-25,27-28,30-31,33-34,36,39,41,47-51,53-64,66-69,71-77H,3,8-10,14,17,20,23,26,29,32,35,37-38,40,42-46H2,1-2H3,(H,65,70)/b6-4+,7-5-,13-11-,16-15-,19-18-,22-21-,25-24-,28-27-,31-30-,33-12+,36-34-,41-39+. The first kappa shape index (κ1) is 72.9. The van der Waals surface area contributed by atoms with Gasteiger partial charge in [-0.3, -0.25) is 4.79 Å². The summed E-state index contributed by atoms with van der Waals surface area (Å²) in [6.45, 7) is 1.24. The zero-order valence-corrected chi connectivity index (χ0v) is 48.6. The second-order valence-electron chi connectivity index (χ2n) is 20.4. The fourth-order valence-electron chi connectivity index (χ4n) is 8.87. The maximum absolute atomic E-state index is 13.3. The molecular formula is C64H99NO18. The third-order valence-electron chi connectivity index (χ3n) is 13.7. The van der Waals surface area contributed by atoms with Gasteiger partial charge in [-0.25, -0.2) is 0 Å². The summed E-state index contributed by atoms with van der Waals surface area (Å²) in [6.07, 6.45) is 36.0. The lowest BCUT2D eigenvalue weighted by molar-refractivity contribution is -0.379. The van der Waals surface area contributed by atoms with Gasteiger partial charge in [0.1, 0.15) is 73.2 Å². The van der Waals surface area contributed by atoms with Gasteiger partial charge in [0.25, 0.3) is 0 Å². The molecule has 0 aromatic carbocycles. The third kappa shape index (κ3) is 28.6. The van der Waals surface area contributed by atoms with E-state index in [1.165, 1.54) is 6.08 Å². The number of unbranched alkanes of at least 4 members (excludes halogenated alkanes) is 3. The molecule has 1 amide bonds. The van der Waals surface area contributed by atoms with Gasteiger partial charge in [0.05, 0.1) is 38.6 Å². The Morgan fingerprint density at radius 2 is 0.831 bits per heavy atom. The molecule has 17 atom stereocenters. The molecule has 19 heteroatoms. The van der Waals surface area contributed by atoms with Crippen molar-refractivity contribution in [2.75, 3.05) is 26.4 Å². The largest absolute Gasteiger partial charge is 0.394 e. The Bertz CT molecular complexity index is 2080. The van der Waals surface area contributed by atoms with E-state index in [1.807, 2.05) is 25.2 Å². The summed E-state index contributed by atoms with van der Waals surface area (Å²) in [4.78, 5) is 13.3. The van der Waals surface area contributed by atoms with Crippen LogP contribution in [0.3, 0.4) is 0 Å². The molecule has 3 aliphatic heterocycles. The van der Waals surface area contributed by atoms with Crippen LogP contribution >= 0.6 is 0 Å². The van der Waals surface area contributed by atoms with Crippen molar-refractivity contribution in [2.24, 2.45) is 0 Å². The fourth-order valence-corrected chi connectivity index (χ4v) is 8.87. The first-order chi connectivity index (χ1) is 40.3. The van der Waals surface area contributed by atoms with E-state index in [4.69, 9.17) is 28.4 Å². The number of aliphatic hydroxyl groups is 11. The van der Waals surface area contributed by atoms with Crippen LogP contribution in [0.5, 0.6) is 0 Å². The van der Waals surface area contributed by atoms with Gasteiger partial charge >= 0.3 is 0 Å². The van der Waals surface area contributed by atoms with Crippen molar-refractivity contribution in [3.05, 3.63) is 146 Å². The van der Waals surface area contributed by atoms with Crippen LogP contribution in [-0.2, 0) is 33.2 Å². The molecule has 0 radical (unpaired) electrons. The molecule has 17 unspecified atom stereocenters. The van der Waals surface area contributed by atoms with E-state index in [0.29, 0.717) is 19.3 Å². The maximum atomic E-state index is 13.3. The number of allylic oxidation sites excluding steroid dienone is 23. The van der Waals surface area contributed by atoms with Gasteiger partial charge in [0.15, 0.2) is 18.9 Å². The van der Waals surface area contributed by atoms with Crippen LogP contribution in [0.15, 0.2) is 146 Å². The van der Waals surface area contributed by atoms with E-state index in [-0.39, 0.29) is 12.3 Å². The normalized spacial score (nSPS) is 30.4. The number of carbonyl (C=O) groups excluding carboxylic acids is 1. The van der Waals surface area contributed by atoms with E-state index < -0.39 is 131 Å². The lowest BCUT2D eigenvalue weighted by atomic mass is 9.96. The number of hydrogen-bond donors (Lipinski definition) is 12. The SMILES string of the molecule is C/C=C/CC/C=C/CC/C=C/C(O)C(COC1OC(CO)C(OC2OC(CO)C(OC3OC(CO)C(O)C(O)C3O)C(O)C2O)C(O)C1O)NC(=O)CCC/C=C\C/C=C\C/C=C\C/C=C\C/C=C\C/C=C\C/C=C\C/C=C\C/C=C\CC. The average molecular weight is 1170 g/mol. The van der Waals surface area contributed by atoms with Crippen LogP contribution in [-0.4, -0.2) is 193 Å². The van der Waals surface area contributed by atoms with Gasteiger partial charge < -0.3 is 89.9 Å². The van der Waals surface area contributed by atoms with Gasteiger partial charge in [-0.05, 0) is 103 Å². The summed E-state index contributed by atoms with van der Waals surface area (Å²) >= 11 is 0. The van der Waals surface area contributed by atoms with Crippen molar-refractivity contribution < 1.29 is 89.4 Å². The molecule has 468 valence electrons. The molecule has 3 fully saturated rings. The predicted molar refractivity (Wildman–Crippen MR) is 318 cm³/mol. The summed E-state index contributed by atoms with van der Waals surface area (Å²) in [5.41, 5.74) is 0. The van der Waals surface area contributed by atoms with Crippen LogP contribution < -0.4 is 5.32 Å². The quantitative estimate of drug-likeness (QED) is 0.0275. The van der Waals surface area contributed by atoms with E-state index in [2.05, 4.69) is 128 Å². The molecule has 3 saturated heterocycles. The van der Waals surface area contributed by atoms with Gasteiger partial charge in [-0.15, -0.1) is 0 Å². The molecule has 3 aliphatic rings. The summed E-state index contributed by atoms with van der Waals surface area (Å²) in [5, 5.41) is 120. The predicted octanol–water partition coefficient (Wildman–Crippen LogP) is 5.25. The van der Waals surface area contributed by atoms with Gasteiger partial charge in [0.2, 0.25) is 5.91 Å². The molecule has 0 saturated carbocycles. The molecule has 0 bridgehead atoms. The van der Waals surface area contributed by atoms with Gasteiger partial charge in [0, 0.05) is 6.42 Å². The number of hydrogen-bond acceptors (Lipinski definition) is 18. The van der Waals surface area contributed by atoms with Crippen molar-refractivity contribution >= 4 is 5.91 Å². The number of aliphatic hydroxyl groups excluding tert-OH is 11. The minimum Gasteiger partial charge on any atom is -0.394 e. The zero-order chi connectivity index (χ0) is 60.5. The highest BCUT2D eigenvalue weighted by molar-refractivity contribution is 5.76. The monoisotopic (exact) mass is 1170 g/mol. The average Bonchev–Trinajstić information content (AvgIpc) is 3.25. The Hall–Kier alpha value is -4.33. The Morgan fingerprint density at radius 3 is 1.28 bits per heavy atom. The van der Waals surface area contributed by atoms with Gasteiger partial charge in [-0.2, -0.15) is 0 Å². The maximum Gasteiger partial charge on any atom is 0.220 e. The number of carbonyl (C=O) groups is 1. The van der Waals surface area contributed by atoms with Crippen molar-refractivity contribution in [3.63, 3.8) is 0 Å². The van der Waals surface area contributed by atoms with Crippen LogP contribution in [0.25, 0.3) is 0 Å². The highest BCUT2D eigenvalue weighted by atomic mass is 16.8. The minimum atomic E-state index is -1.99. The fraction of sp³-hybridized carbons (Fsp3) is 0.609. The second kappa shape index (κ2) is 45.1. The molecule has 83 heavy (non-hydrogen) atoms. The summed E-state index contributed by atoms with van der Waals surface area (Å²) in [6, 6.07) is -1.04.